The largest absolute Gasteiger partial charge is 0.486 e. The maximum absolute atomic E-state index is 12.9. The number of carbonyl (C=O) groups is 1. The number of aromatic nitrogens is 4. The zero-order valence-corrected chi connectivity index (χ0v) is 21.3. The van der Waals surface area contributed by atoms with Gasteiger partial charge in [0.2, 0.25) is 5.91 Å². The van der Waals surface area contributed by atoms with Gasteiger partial charge in [-0.1, -0.05) is 53.7 Å². The molecule has 0 aliphatic carbocycles. The highest BCUT2D eigenvalue weighted by atomic mass is 32.2. The van der Waals surface area contributed by atoms with Crippen molar-refractivity contribution < 1.29 is 22.7 Å². The molecule has 0 saturated heterocycles. The Morgan fingerprint density at radius 2 is 2.00 bits per heavy atom. The van der Waals surface area contributed by atoms with Gasteiger partial charge in [0, 0.05) is 17.5 Å². The van der Waals surface area contributed by atoms with Crippen molar-refractivity contribution in [2.45, 2.75) is 31.4 Å². The highest BCUT2D eigenvalue weighted by Gasteiger charge is 2.30. The van der Waals surface area contributed by atoms with Crippen LogP contribution in [0.2, 0.25) is 0 Å². The van der Waals surface area contributed by atoms with E-state index in [4.69, 9.17) is 4.74 Å². The number of hydrogen-bond acceptors (Lipinski definition) is 7. The number of nitrogens with one attached hydrogen (secondary N) is 1. The van der Waals surface area contributed by atoms with Crippen molar-refractivity contribution in [2.24, 2.45) is 0 Å². The summed E-state index contributed by atoms with van der Waals surface area (Å²) in [4.78, 5) is 17.0. The van der Waals surface area contributed by atoms with Crippen LogP contribution in [0, 0.1) is 6.92 Å². The Bertz CT molecular complexity index is 1380. The molecule has 37 heavy (non-hydrogen) atoms. The van der Waals surface area contributed by atoms with E-state index in [2.05, 4.69) is 27.1 Å². The van der Waals surface area contributed by atoms with Gasteiger partial charge in [-0.15, -0.1) is 28.1 Å². The lowest BCUT2D eigenvalue weighted by Crippen LogP contribution is -2.15. The first-order chi connectivity index (χ1) is 17.7. The van der Waals surface area contributed by atoms with Crippen molar-refractivity contribution in [3.05, 3.63) is 83.5 Å². The fourth-order valence-electron chi connectivity index (χ4n) is 3.23. The molecule has 0 aliphatic heterocycles. The van der Waals surface area contributed by atoms with E-state index in [1.807, 2.05) is 36.6 Å². The van der Waals surface area contributed by atoms with Crippen LogP contribution >= 0.6 is 23.1 Å². The Morgan fingerprint density at radius 3 is 2.73 bits per heavy atom. The Labute approximate surface area is 219 Å². The normalized spacial score (nSPS) is 11.4. The van der Waals surface area contributed by atoms with Gasteiger partial charge in [0.15, 0.2) is 16.1 Å². The lowest BCUT2D eigenvalue weighted by Gasteiger charge is -2.11. The van der Waals surface area contributed by atoms with E-state index in [-0.39, 0.29) is 24.0 Å². The number of rotatable bonds is 10. The molecule has 0 saturated carbocycles. The van der Waals surface area contributed by atoms with Crippen molar-refractivity contribution in [2.75, 3.05) is 11.1 Å². The van der Waals surface area contributed by atoms with Crippen molar-refractivity contribution in [1.82, 2.24) is 19.7 Å². The quantitative estimate of drug-likeness (QED) is 0.188. The minimum absolute atomic E-state index is 0.0587. The average Bonchev–Trinajstić information content (AvgIpc) is 3.49. The molecule has 0 bridgehead atoms. The van der Waals surface area contributed by atoms with Crippen LogP contribution in [0.5, 0.6) is 5.75 Å². The number of alkyl halides is 3. The number of amides is 1. The second-order valence-electron chi connectivity index (χ2n) is 7.85. The molecule has 1 amide bonds. The van der Waals surface area contributed by atoms with E-state index in [0.29, 0.717) is 22.7 Å². The SMILES string of the molecule is C=CCn1c(COc2cccc(C(F)(F)F)c2)nnc1SCC(=O)Nc1nc(-c2ccc(C)cc2)cs1. The monoisotopic (exact) mass is 545 g/mol. The summed E-state index contributed by atoms with van der Waals surface area (Å²) >= 11 is 2.50. The number of thioether (sulfide) groups is 1. The summed E-state index contributed by atoms with van der Waals surface area (Å²) in [5.74, 6) is 0.251. The second kappa shape index (κ2) is 11.6. The molecule has 2 aromatic carbocycles. The van der Waals surface area contributed by atoms with Gasteiger partial charge in [0.1, 0.15) is 12.4 Å². The molecule has 0 radical (unpaired) electrons. The van der Waals surface area contributed by atoms with Crippen LogP contribution < -0.4 is 10.1 Å². The Kier molecular flexibility index (Phi) is 8.29. The van der Waals surface area contributed by atoms with Gasteiger partial charge in [-0.2, -0.15) is 13.2 Å². The average molecular weight is 546 g/mol. The van der Waals surface area contributed by atoms with E-state index >= 15 is 0 Å². The fourth-order valence-corrected chi connectivity index (χ4v) is 4.73. The van der Waals surface area contributed by atoms with Gasteiger partial charge in [0.05, 0.1) is 17.0 Å². The van der Waals surface area contributed by atoms with Gasteiger partial charge in [0.25, 0.3) is 0 Å². The maximum Gasteiger partial charge on any atom is 0.416 e. The van der Waals surface area contributed by atoms with Crippen LogP contribution in [0.15, 0.2) is 71.7 Å². The predicted molar refractivity (Wildman–Crippen MR) is 138 cm³/mol. The van der Waals surface area contributed by atoms with Crippen LogP contribution in [0.4, 0.5) is 18.3 Å². The van der Waals surface area contributed by atoms with E-state index in [1.165, 1.54) is 35.2 Å². The number of anilines is 1. The first-order valence-corrected chi connectivity index (χ1v) is 12.9. The summed E-state index contributed by atoms with van der Waals surface area (Å²) in [5.41, 5.74) is 2.10. The highest BCUT2D eigenvalue weighted by Crippen LogP contribution is 2.31. The summed E-state index contributed by atoms with van der Waals surface area (Å²) in [6.45, 7) is 5.97. The van der Waals surface area contributed by atoms with Crippen molar-refractivity contribution >= 4 is 34.1 Å². The third-order valence-electron chi connectivity index (χ3n) is 5.06. The number of hydrogen-bond donors (Lipinski definition) is 1. The molecule has 2 heterocycles. The van der Waals surface area contributed by atoms with Crippen molar-refractivity contribution in [3.63, 3.8) is 0 Å². The van der Waals surface area contributed by atoms with Gasteiger partial charge in [-0.05, 0) is 25.1 Å². The molecule has 4 aromatic rings. The van der Waals surface area contributed by atoms with E-state index in [0.717, 1.165) is 29.0 Å². The molecular weight excluding hydrogens is 523 g/mol. The third kappa shape index (κ3) is 6.98. The Balaban J connectivity index is 1.36. The summed E-state index contributed by atoms with van der Waals surface area (Å²) in [6, 6.07) is 12.6. The number of nitrogens with zero attached hydrogens (tertiary/aromatic N) is 4. The lowest BCUT2D eigenvalue weighted by atomic mass is 10.1. The van der Waals surface area contributed by atoms with E-state index in [9.17, 15) is 18.0 Å². The topological polar surface area (TPSA) is 81.9 Å². The van der Waals surface area contributed by atoms with Crippen LogP contribution in [0.3, 0.4) is 0 Å². The van der Waals surface area contributed by atoms with Gasteiger partial charge in [-0.25, -0.2) is 4.98 Å². The van der Waals surface area contributed by atoms with Gasteiger partial charge in [-0.3, -0.25) is 9.36 Å². The zero-order valence-electron chi connectivity index (χ0n) is 19.7. The first-order valence-electron chi connectivity index (χ1n) is 11.0. The third-order valence-corrected chi connectivity index (χ3v) is 6.79. The van der Waals surface area contributed by atoms with Crippen LogP contribution in [0.25, 0.3) is 11.3 Å². The fraction of sp³-hybridized carbons (Fsp3) is 0.200. The molecule has 192 valence electrons. The molecule has 0 unspecified atom stereocenters. The van der Waals surface area contributed by atoms with E-state index < -0.39 is 11.7 Å². The first kappa shape index (κ1) is 26.4. The van der Waals surface area contributed by atoms with Crippen molar-refractivity contribution in [3.8, 4) is 17.0 Å². The molecule has 0 fully saturated rings. The second-order valence-corrected chi connectivity index (χ2v) is 9.65. The maximum atomic E-state index is 12.9. The molecule has 2 aromatic heterocycles. The summed E-state index contributed by atoms with van der Waals surface area (Å²) in [5, 5.41) is 13.8. The smallest absolute Gasteiger partial charge is 0.416 e. The van der Waals surface area contributed by atoms with Crippen LogP contribution in [0.1, 0.15) is 17.0 Å². The molecule has 12 heteroatoms. The van der Waals surface area contributed by atoms with Crippen LogP contribution in [-0.4, -0.2) is 31.4 Å². The number of halogens is 3. The van der Waals surface area contributed by atoms with Crippen LogP contribution in [-0.2, 0) is 24.1 Å². The predicted octanol–water partition coefficient (Wildman–Crippen LogP) is 6.22. The molecule has 7 nitrogen and oxygen atoms in total. The number of aryl methyl sites for hydroxylation is 1. The molecule has 1 N–H and O–H groups in total. The van der Waals surface area contributed by atoms with Crippen molar-refractivity contribution in [1.29, 1.82) is 0 Å². The zero-order chi connectivity index (χ0) is 26.4. The van der Waals surface area contributed by atoms with Gasteiger partial charge < -0.3 is 10.1 Å². The number of benzene rings is 2. The number of thiazole rings is 1. The molecular formula is C25H22F3N5O2S2. The number of ether oxygens (including phenoxy) is 1. The lowest BCUT2D eigenvalue weighted by molar-refractivity contribution is -0.137. The minimum Gasteiger partial charge on any atom is -0.486 e. The number of allylic oxidation sites excluding steroid dienone is 1. The Morgan fingerprint density at radius 1 is 1.22 bits per heavy atom. The molecule has 0 atom stereocenters. The number of carbonyl (C=O) groups excluding carboxylic acids is 1. The standard InChI is InChI=1S/C25H22F3N5O2S2/c1-3-11-33-21(13-35-19-6-4-5-18(12-19)25(26,27)28)31-32-24(33)37-15-22(34)30-23-29-20(14-36-23)17-9-7-16(2)8-10-17/h3-10,12,14H,1,11,13,15H2,2H3,(H,29,30,34). The molecule has 0 spiro atoms. The molecule has 0 aliphatic rings. The minimum atomic E-state index is -4.46. The highest BCUT2D eigenvalue weighted by molar-refractivity contribution is 7.99. The Hall–Kier alpha value is -3.64. The summed E-state index contributed by atoms with van der Waals surface area (Å²) < 4.78 is 46.1. The van der Waals surface area contributed by atoms with E-state index in [1.54, 1.807) is 10.6 Å². The van der Waals surface area contributed by atoms with Gasteiger partial charge >= 0.3 is 6.18 Å². The summed E-state index contributed by atoms with van der Waals surface area (Å²) in [6.07, 6.45) is -2.84. The summed E-state index contributed by atoms with van der Waals surface area (Å²) in [7, 11) is 0. The molecule has 4 rings (SSSR count).